The zero-order chi connectivity index (χ0) is 78.0. The average Bonchev–Trinajstić information content (AvgIpc) is 0.726. The molecule has 0 aliphatic heterocycles. The summed E-state index contributed by atoms with van der Waals surface area (Å²) < 4.78 is 287. The lowest BCUT2D eigenvalue weighted by Crippen LogP contribution is -2.54. The van der Waals surface area contributed by atoms with Gasteiger partial charge in [0.25, 0.3) is 0 Å². The first-order valence-electron chi connectivity index (χ1n) is 33.3. The maximum absolute atomic E-state index is 15.9. The van der Waals surface area contributed by atoms with Gasteiger partial charge in [-0.2, -0.15) is 79.0 Å². The van der Waals surface area contributed by atoms with Gasteiger partial charge >= 0.3 is 37.1 Å². The van der Waals surface area contributed by atoms with E-state index in [0.29, 0.717) is 107 Å². The summed E-state index contributed by atoms with van der Waals surface area (Å²) in [5, 5.41) is 0. The van der Waals surface area contributed by atoms with Crippen molar-refractivity contribution in [2.45, 2.75) is 60.2 Å². The lowest BCUT2D eigenvalue weighted by atomic mass is 9.72. The summed E-state index contributed by atoms with van der Waals surface area (Å²) in [5.41, 5.74) is -20.6. The Kier molecular flexibility index (Phi) is 21.0. The van der Waals surface area contributed by atoms with E-state index in [1.807, 2.05) is 0 Å². The van der Waals surface area contributed by atoms with Crippen LogP contribution in [-0.2, 0) is 16.2 Å². The molecule has 1 heterocycles. The fourth-order valence-corrected chi connectivity index (χ4v) is 13.7. The van der Waals surface area contributed by atoms with Crippen molar-refractivity contribution in [3.63, 3.8) is 0 Å². The number of benzene rings is 11. The molecule has 11 aromatic carbocycles. The molecule has 1 aromatic heterocycles. The Morgan fingerprint density at radius 1 is 0.275 bits per heavy atom. The van der Waals surface area contributed by atoms with E-state index in [1.54, 1.807) is 192 Å². The Morgan fingerprint density at radius 2 is 0.495 bits per heavy atom. The fraction of sp³-hybridized carbons (Fsp3) is 0.116. The monoisotopic (exact) mass is 1500 g/mol. The van der Waals surface area contributed by atoms with Crippen molar-refractivity contribution in [1.82, 2.24) is 9.97 Å². The summed E-state index contributed by atoms with van der Waals surface area (Å²) in [7, 11) is 0. The van der Waals surface area contributed by atoms with Gasteiger partial charge in [0.15, 0.2) is 5.82 Å². The third-order valence-corrected chi connectivity index (χ3v) is 18.8. The molecule has 0 saturated carbocycles. The van der Waals surface area contributed by atoms with Crippen molar-refractivity contribution in [3.8, 4) is 33.9 Å². The highest BCUT2D eigenvalue weighted by Crippen LogP contribution is 2.60. The van der Waals surface area contributed by atoms with Crippen molar-refractivity contribution in [3.05, 3.63) is 373 Å². The number of hydrogen-bond donors (Lipinski definition) is 0. The minimum absolute atomic E-state index is 0.157. The Morgan fingerprint density at radius 3 is 0.752 bits per heavy atom. The van der Waals surface area contributed by atoms with Gasteiger partial charge in [0.2, 0.25) is 16.2 Å². The molecular weight excluding hydrogens is 1440 g/mol. The molecule has 12 rings (SSSR count). The van der Waals surface area contributed by atoms with Crippen LogP contribution in [0.2, 0.25) is 0 Å². The predicted octanol–water partition coefficient (Wildman–Crippen LogP) is 26.4. The Balaban J connectivity index is 0.987. The summed E-state index contributed by atoms with van der Waals surface area (Å²) >= 11 is 0. The Hall–Kier alpha value is -12.1. The van der Waals surface area contributed by atoms with Crippen molar-refractivity contribution in [2.75, 3.05) is 14.7 Å². The number of halogens is 18. The van der Waals surface area contributed by atoms with Crippen LogP contribution in [-0.4, -0.2) is 47.0 Å². The molecule has 554 valence electrons. The lowest BCUT2D eigenvalue weighted by molar-refractivity contribution is -0.290. The second-order valence-electron chi connectivity index (χ2n) is 25.2. The van der Waals surface area contributed by atoms with Crippen LogP contribution in [0.4, 0.5) is 125 Å². The van der Waals surface area contributed by atoms with Crippen LogP contribution in [0.1, 0.15) is 40.3 Å². The molecule has 0 N–H and O–H groups in total. The van der Waals surface area contributed by atoms with Crippen molar-refractivity contribution in [1.29, 1.82) is 0 Å². The second kappa shape index (κ2) is 29.9. The number of hydrogen-bond acceptors (Lipinski definition) is 5. The topological polar surface area (TPSA) is 35.5 Å². The van der Waals surface area contributed by atoms with Crippen molar-refractivity contribution in [2.24, 2.45) is 0 Å². The van der Waals surface area contributed by atoms with Crippen LogP contribution in [0.15, 0.2) is 340 Å². The zero-order valence-corrected chi connectivity index (χ0v) is 56.9. The van der Waals surface area contributed by atoms with E-state index in [2.05, 4.69) is 16.5 Å². The summed E-state index contributed by atoms with van der Waals surface area (Å²) in [6.45, 7) is 5.28. The number of allylic oxidation sites excluding steroid dienone is 5. The molecule has 12 aromatic rings. The minimum atomic E-state index is -6.14. The van der Waals surface area contributed by atoms with E-state index in [-0.39, 0.29) is 33.8 Å². The summed E-state index contributed by atoms with van der Waals surface area (Å²) in [6, 6.07) is 61.4. The second-order valence-corrected chi connectivity index (χ2v) is 25.2. The molecule has 0 saturated heterocycles. The summed E-state index contributed by atoms with van der Waals surface area (Å²) in [5.74, 6) is -0.616. The minimum Gasteiger partial charge on any atom is -0.315 e. The van der Waals surface area contributed by atoms with Gasteiger partial charge < -0.3 is 14.7 Å². The van der Waals surface area contributed by atoms with Crippen LogP contribution >= 0.6 is 0 Å². The zero-order valence-electron chi connectivity index (χ0n) is 56.9. The average molecular weight is 1500 g/mol. The highest BCUT2D eigenvalue weighted by Gasteiger charge is 2.75. The molecule has 5 nitrogen and oxygen atoms in total. The summed E-state index contributed by atoms with van der Waals surface area (Å²) in [6.07, 6.45) is -30.5. The number of para-hydroxylation sites is 5. The van der Waals surface area contributed by atoms with Crippen LogP contribution in [0.3, 0.4) is 0 Å². The first-order chi connectivity index (χ1) is 51.8. The molecule has 0 aliphatic rings. The number of alkyl halides is 18. The van der Waals surface area contributed by atoms with Crippen LogP contribution in [0.25, 0.3) is 33.9 Å². The molecular formula is C86H59F18N5. The SMILES string of the molecule is C=C/C=C\C=C(/C)N(c1ccccc1)c1ccc(C(c2ccc(-c3cc(-c4ccc(C(c5ccc(N(c6ccccc6)c6ccccc6)cc5)(C(F)(F)F)C(F)(F)F)cc4)nc(-c4ccc(C(c5ccc(N(c6ccccc6)c6ccccc6)cc5)(C(F)(F)F)C(F)(F)F)cc4)n3)cc2)(C(F)(F)F)C(F)(F)F)cc1. The quantitative estimate of drug-likeness (QED) is 0.0561. The fourth-order valence-electron chi connectivity index (χ4n) is 13.7. The maximum atomic E-state index is 15.9. The molecule has 0 aliphatic carbocycles. The molecule has 23 heteroatoms. The van der Waals surface area contributed by atoms with Gasteiger partial charge in [0.05, 0.1) is 11.4 Å². The molecule has 109 heavy (non-hydrogen) atoms. The predicted molar refractivity (Wildman–Crippen MR) is 387 cm³/mol. The number of nitrogens with zero attached hydrogens (tertiary/aromatic N) is 5. The van der Waals surface area contributed by atoms with Gasteiger partial charge in [0.1, 0.15) is 0 Å². The van der Waals surface area contributed by atoms with Gasteiger partial charge in [-0.05, 0) is 150 Å². The molecule has 0 bridgehead atoms. The standard InChI is InChI=1S/C86H59F18N5/c1-3-4-10-21-57(2)107(67-22-11-5-12-23-67)72-50-44-64(45-51-72)78(81(87,88)89,82(90,91)92)61-38-32-58(33-39-61)75-56-76(59-34-40-62(41-35-59)79(83(93,94)95,84(96,97)98)65-46-52-73(53-47-65)108(68-24-13-6-14-25-68)69-26-15-7-16-27-69)106-77(105-75)60-36-42-63(43-37-60)80(85(99,100)101,86(102,103)104)66-48-54-74(55-49-66)109(70-28-17-8-18-29-70)71-30-19-9-20-31-71/h3-56H,1H2,2H3/b10-4-,57-21+. The number of anilines is 8. The number of aromatic nitrogens is 2. The van der Waals surface area contributed by atoms with E-state index >= 15 is 79.0 Å². The van der Waals surface area contributed by atoms with Gasteiger partial charge in [-0.15, -0.1) is 0 Å². The van der Waals surface area contributed by atoms with Crippen LogP contribution < -0.4 is 14.7 Å². The first kappa shape index (κ1) is 76.5. The highest BCUT2D eigenvalue weighted by atomic mass is 19.4. The lowest BCUT2D eigenvalue weighted by Gasteiger charge is -2.38. The normalized spacial score (nSPS) is 13.0. The van der Waals surface area contributed by atoms with E-state index in [9.17, 15) is 0 Å². The molecule has 0 radical (unpaired) electrons. The molecule has 0 spiro atoms. The molecule has 0 atom stereocenters. The smallest absolute Gasteiger partial charge is 0.315 e. The molecule has 0 unspecified atom stereocenters. The Labute approximate surface area is 614 Å². The maximum Gasteiger partial charge on any atom is 0.411 e. The largest absolute Gasteiger partial charge is 0.411 e. The van der Waals surface area contributed by atoms with E-state index in [1.165, 1.54) is 6.08 Å². The number of rotatable bonds is 20. The van der Waals surface area contributed by atoms with Crippen molar-refractivity contribution < 1.29 is 79.0 Å². The first-order valence-corrected chi connectivity index (χ1v) is 33.3. The Bertz CT molecular complexity index is 4800. The van der Waals surface area contributed by atoms with E-state index in [4.69, 9.17) is 0 Å². The van der Waals surface area contributed by atoms with Gasteiger partial charge in [-0.1, -0.05) is 225 Å². The van der Waals surface area contributed by atoms with Gasteiger partial charge in [-0.25, -0.2) is 9.97 Å². The van der Waals surface area contributed by atoms with E-state index < -0.39 is 104 Å². The highest BCUT2D eigenvalue weighted by molar-refractivity contribution is 5.79. The summed E-state index contributed by atoms with van der Waals surface area (Å²) in [4.78, 5) is 13.7. The van der Waals surface area contributed by atoms with Crippen molar-refractivity contribution >= 4 is 45.5 Å². The van der Waals surface area contributed by atoms with E-state index in [0.717, 1.165) is 78.9 Å². The third kappa shape index (κ3) is 14.3. The molecule has 0 amide bonds. The molecule has 0 fully saturated rings. The van der Waals surface area contributed by atoms with Gasteiger partial charge in [0, 0.05) is 67.9 Å². The van der Waals surface area contributed by atoms with Crippen LogP contribution in [0.5, 0.6) is 0 Å². The van der Waals surface area contributed by atoms with Crippen LogP contribution in [0, 0.1) is 0 Å². The third-order valence-electron chi connectivity index (χ3n) is 18.8. The van der Waals surface area contributed by atoms with Gasteiger partial charge in [-0.3, -0.25) is 0 Å².